The summed E-state index contributed by atoms with van der Waals surface area (Å²) in [5.74, 6) is -0.875. The summed E-state index contributed by atoms with van der Waals surface area (Å²) in [6, 6.07) is 2.22. The summed E-state index contributed by atoms with van der Waals surface area (Å²) < 4.78 is 25.9. The zero-order valence-electron chi connectivity index (χ0n) is 8.93. The molecule has 16 heavy (non-hydrogen) atoms. The van der Waals surface area contributed by atoms with Crippen molar-refractivity contribution < 1.29 is 8.78 Å². The summed E-state index contributed by atoms with van der Waals surface area (Å²) in [6.45, 7) is 2.53. The molecule has 1 unspecified atom stereocenters. The van der Waals surface area contributed by atoms with E-state index < -0.39 is 11.6 Å². The number of H-pyrrole nitrogens is 1. The Bertz CT molecular complexity index is 468. The Morgan fingerprint density at radius 1 is 1.38 bits per heavy atom. The van der Waals surface area contributed by atoms with Crippen LogP contribution < -0.4 is 5.73 Å². The van der Waals surface area contributed by atoms with Gasteiger partial charge in [-0.1, -0.05) is 6.92 Å². The van der Waals surface area contributed by atoms with Crippen molar-refractivity contribution in [1.29, 1.82) is 0 Å². The topological polar surface area (TPSA) is 54.7 Å². The lowest BCUT2D eigenvalue weighted by Gasteiger charge is -2.04. The van der Waals surface area contributed by atoms with E-state index in [0.717, 1.165) is 18.6 Å². The first-order valence-electron chi connectivity index (χ1n) is 5.16. The maximum Gasteiger partial charge on any atom is 0.161 e. The number of imidazole rings is 1. The summed E-state index contributed by atoms with van der Waals surface area (Å²) >= 11 is 0. The smallest absolute Gasteiger partial charge is 0.161 e. The maximum absolute atomic E-state index is 13.0. The van der Waals surface area contributed by atoms with Crippen LogP contribution in [-0.2, 0) is 0 Å². The Hall–Kier alpha value is -1.49. The highest BCUT2D eigenvalue weighted by atomic mass is 19.2. The van der Waals surface area contributed by atoms with E-state index in [0.29, 0.717) is 23.4 Å². The summed E-state index contributed by atoms with van der Waals surface area (Å²) in [5, 5.41) is 0. The van der Waals surface area contributed by atoms with Crippen molar-refractivity contribution in [3.8, 4) is 0 Å². The van der Waals surface area contributed by atoms with Crippen LogP contribution in [0, 0.1) is 11.6 Å². The lowest BCUT2D eigenvalue weighted by atomic mass is 10.1. The molecular weight excluding hydrogens is 212 g/mol. The maximum atomic E-state index is 13.0. The standard InChI is InChI=1S/C11H13F2N3/c1-6(2-3-14)11-15-9-4-7(12)8(13)5-10(9)16-11/h4-6H,2-3,14H2,1H3,(H,15,16). The van der Waals surface area contributed by atoms with Gasteiger partial charge in [-0.2, -0.15) is 0 Å². The zero-order chi connectivity index (χ0) is 11.7. The van der Waals surface area contributed by atoms with E-state index in [1.165, 1.54) is 0 Å². The molecule has 0 radical (unpaired) electrons. The van der Waals surface area contributed by atoms with E-state index in [1.54, 1.807) is 0 Å². The molecule has 0 bridgehead atoms. The minimum absolute atomic E-state index is 0.156. The summed E-state index contributed by atoms with van der Waals surface area (Å²) in [4.78, 5) is 7.19. The third-order valence-electron chi connectivity index (χ3n) is 2.61. The number of nitrogens with zero attached hydrogens (tertiary/aromatic N) is 1. The first-order chi connectivity index (χ1) is 7.61. The highest BCUT2D eigenvalue weighted by Gasteiger charge is 2.12. The van der Waals surface area contributed by atoms with E-state index in [1.807, 2.05) is 6.92 Å². The van der Waals surface area contributed by atoms with E-state index in [-0.39, 0.29) is 5.92 Å². The van der Waals surface area contributed by atoms with Gasteiger partial charge < -0.3 is 10.7 Å². The molecule has 3 N–H and O–H groups in total. The Morgan fingerprint density at radius 2 is 2.06 bits per heavy atom. The first kappa shape index (κ1) is 11.0. The van der Waals surface area contributed by atoms with Crippen LogP contribution in [0.1, 0.15) is 25.1 Å². The highest BCUT2D eigenvalue weighted by molar-refractivity contribution is 5.75. The van der Waals surface area contributed by atoms with Gasteiger partial charge >= 0.3 is 0 Å². The fourth-order valence-electron chi connectivity index (χ4n) is 1.64. The SMILES string of the molecule is CC(CCN)c1nc2cc(F)c(F)cc2[nH]1. The highest BCUT2D eigenvalue weighted by Crippen LogP contribution is 2.21. The van der Waals surface area contributed by atoms with Crippen LogP contribution in [0.5, 0.6) is 0 Å². The van der Waals surface area contributed by atoms with Crippen LogP contribution in [-0.4, -0.2) is 16.5 Å². The Morgan fingerprint density at radius 3 is 2.75 bits per heavy atom. The van der Waals surface area contributed by atoms with Gasteiger partial charge in [-0.05, 0) is 13.0 Å². The van der Waals surface area contributed by atoms with Crippen molar-refractivity contribution in [3.05, 3.63) is 29.6 Å². The Labute approximate surface area is 91.7 Å². The fourth-order valence-corrected chi connectivity index (χ4v) is 1.64. The molecule has 0 saturated carbocycles. The third kappa shape index (κ3) is 1.90. The number of fused-ring (bicyclic) bond motifs is 1. The van der Waals surface area contributed by atoms with Crippen molar-refractivity contribution in [1.82, 2.24) is 9.97 Å². The number of hydrogen-bond acceptors (Lipinski definition) is 2. The number of hydrogen-bond donors (Lipinski definition) is 2. The predicted octanol–water partition coefficient (Wildman–Crippen LogP) is 2.29. The van der Waals surface area contributed by atoms with E-state index >= 15 is 0 Å². The number of benzene rings is 1. The van der Waals surface area contributed by atoms with Gasteiger partial charge in [0, 0.05) is 18.1 Å². The van der Waals surface area contributed by atoms with Gasteiger partial charge in [-0.25, -0.2) is 13.8 Å². The average Bonchev–Trinajstić information content (AvgIpc) is 2.62. The number of aromatic amines is 1. The normalized spacial score (nSPS) is 13.2. The van der Waals surface area contributed by atoms with Crippen LogP contribution in [0.4, 0.5) is 8.78 Å². The minimum atomic E-state index is -0.878. The van der Waals surface area contributed by atoms with Crippen molar-refractivity contribution in [2.45, 2.75) is 19.3 Å². The Kier molecular flexibility index (Phi) is 2.87. The molecule has 0 amide bonds. The van der Waals surface area contributed by atoms with Crippen molar-refractivity contribution in [2.75, 3.05) is 6.54 Å². The quantitative estimate of drug-likeness (QED) is 0.842. The van der Waals surface area contributed by atoms with Crippen molar-refractivity contribution in [3.63, 3.8) is 0 Å². The van der Waals surface area contributed by atoms with Gasteiger partial charge in [0.25, 0.3) is 0 Å². The van der Waals surface area contributed by atoms with Gasteiger partial charge in [-0.15, -0.1) is 0 Å². The fraction of sp³-hybridized carbons (Fsp3) is 0.364. The molecule has 0 aliphatic rings. The number of aromatic nitrogens is 2. The van der Waals surface area contributed by atoms with Crippen LogP contribution >= 0.6 is 0 Å². The first-order valence-corrected chi connectivity index (χ1v) is 5.16. The van der Waals surface area contributed by atoms with Gasteiger partial charge in [0.05, 0.1) is 11.0 Å². The number of nitrogens with two attached hydrogens (primary N) is 1. The third-order valence-corrected chi connectivity index (χ3v) is 2.61. The van der Waals surface area contributed by atoms with Gasteiger partial charge in [0.1, 0.15) is 5.82 Å². The lowest BCUT2D eigenvalue weighted by Crippen LogP contribution is -2.05. The van der Waals surface area contributed by atoms with E-state index in [4.69, 9.17) is 5.73 Å². The second-order valence-electron chi connectivity index (χ2n) is 3.88. The molecule has 1 atom stereocenters. The largest absolute Gasteiger partial charge is 0.342 e. The number of nitrogens with one attached hydrogen (secondary N) is 1. The molecule has 86 valence electrons. The molecule has 0 aliphatic carbocycles. The van der Waals surface area contributed by atoms with Crippen molar-refractivity contribution >= 4 is 11.0 Å². The van der Waals surface area contributed by atoms with Crippen LogP contribution in [0.2, 0.25) is 0 Å². The van der Waals surface area contributed by atoms with Crippen LogP contribution in [0.25, 0.3) is 11.0 Å². The van der Waals surface area contributed by atoms with E-state index in [9.17, 15) is 8.78 Å². The lowest BCUT2D eigenvalue weighted by molar-refractivity contribution is 0.510. The summed E-state index contributed by atoms with van der Waals surface area (Å²) in [6.07, 6.45) is 0.783. The van der Waals surface area contributed by atoms with Gasteiger partial charge in [0.2, 0.25) is 0 Å². The molecule has 3 nitrogen and oxygen atoms in total. The molecule has 1 heterocycles. The van der Waals surface area contributed by atoms with Crippen LogP contribution in [0.15, 0.2) is 12.1 Å². The molecule has 0 aliphatic heterocycles. The molecular formula is C11H13F2N3. The number of halogens is 2. The molecule has 2 aromatic rings. The number of rotatable bonds is 3. The molecule has 0 fully saturated rings. The Balaban J connectivity index is 2.43. The molecule has 1 aromatic carbocycles. The van der Waals surface area contributed by atoms with Gasteiger partial charge in [0.15, 0.2) is 11.6 Å². The molecule has 0 spiro atoms. The average molecular weight is 225 g/mol. The molecule has 2 rings (SSSR count). The zero-order valence-corrected chi connectivity index (χ0v) is 8.93. The molecule has 5 heteroatoms. The summed E-state index contributed by atoms with van der Waals surface area (Å²) in [5.41, 5.74) is 6.40. The predicted molar refractivity (Wildman–Crippen MR) is 58.1 cm³/mol. The van der Waals surface area contributed by atoms with Crippen LogP contribution in [0.3, 0.4) is 0 Å². The van der Waals surface area contributed by atoms with E-state index in [2.05, 4.69) is 9.97 Å². The van der Waals surface area contributed by atoms with Crippen molar-refractivity contribution in [2.24, 2.45) is 5.73 Å². The second-order valence-corrected chi connectivity index (χ2v) is 3.88. The molecule has 1 aromatic heterocycles. The molecule has 0 saturated heterocycles. The van der Waals surface area contributed by atoms with Gasteiger partial charge in [-0.3, -0.25) is 0 Å². The second kappa shape index (κ2) is 4.17. The minimum Gasteiger partial charge on any atom is -0.342 e. The summed E-state index contributed by atoms with van der Waals surface area (Å²) in [7, 11) is 0. The monoisotopic (exact) mass is 225 g/mol.